The zero-order valence-electron chi connectivity index (χ0n) is 22.5. The monoisotopic (exact) mass is 560 g/mol. The first kappa shape index (κ1) is 27.3. The Morgan fingerprint density at radius 3 is 2.65 bits per heavy atom. The molecule has 1 atom stereocenters. The van der Waals surface area contributed by atoms with Crippen molar-refractivity contribution in [1.82, 2.24) is 15.5 Å². The van der Waals surface area contributed by atoms with E-state index in [-0.39, 0.29) is 23.5 Å². The van der Waals surface area contributed by atoms with E-state index in [1.807, 2.05) is 12.1 Å². The number of rotatable bonds is 4. The second-order valence-corrected chi connectivity index (χ2v) is 12.0. The SMILES string of the molecule is [C-]#[N+]c1ccc(-c2cc(C(=O)N3CCC[C@@H](NC(=O)OC(C)(C)C)C3)sc2-c2ccc3c(c2)CNC3=O)cc1F. The second-order valence-electron chi connectivity index (χ2n) is 10.9. The Labute approximate surface area is 236 Å². The smallest absolute Gasteiger partial charge is 0.407 e. The van der Waals surface area contributed by atoms with Gasteiger partial charge in [0.2, 0.25) is 5.69 Å². The van der Waals surface area contributed by atoms with E-state index >= 15 is 0 Å². The number of hydrogen-bond donors (Lipinski definition) is 2. The molecule has 5 rings (SSSR count). The fourth-order valence-electron chi connectivity index (χ4n) is 4.97. The van der Waals surface area contributed by atoms with Crippen LogP contribution in [0.2, 0.25) is 0 Å². The highest BCUT2D eigenvalue weighted by Gasteiger charge is 2.29. The van der Waals surface area contributed by atoms with Crippen LogP contribution in [0.15, 0.2) is 42.5 Å². The number of likely N-dealkylation sites (tertiary alicyclic amines) is 1. The highest BCUT2D eigenvalue weighted by Crippen LogP contribution is 2.42. The first-order valence-electron chi connectivity index (χ1n) is 13.0. The van der Waals surface area contributed by atoms with Gasteiger partial charge in [0.1, 0.15) is 11.4 Å². The van der Waals surface area contributed by atoms with E-state index in [4.69, 9.17) is 11.3 Å². The Hall–Kier alpha value is -4.23. The van der Waals surface area contributed by atoms with Crippen molar-refractivity contribution >= 4 is 34.9 Å². The fourth-order valence-corrected chi connectivity index (χ4v) is 6.12. The first-order chi connectivity index (χ1) is 19.0. The van der Waals surface area contributed by atoms with Gasteiger partial charge in [0, 0.05) is 41.7 Å². The summed E-state index contributed by atoms with van der Waals surface area (Å²) in [4.78, 5) is 44.3. The summed E-state index contributed by atoms with van der Waals surface area (Å²) in [6.45, 7) is 13.9. The molecule has 0 aliphatic carbocycles. The average molecular weight is 561 g/mol. The number of halogens is 1. The molecule has 3 aromatic rings. The Bertz CT molecular complexity index is 1550. The summed E-state index contributed by atoms with van der Waals surface area (Å²) >= 11 is 1.30. The Morgan fingerprint density at radius 2 is 1.93 bits per heavy atom. The summed E-state index contributed by atoms with van der Waals surface area (Å²) < 4.78 is 20.0. The van der Waals surface area contributed by atoms with Crippen LogP contribution in [0.25, 0.3) is 26.4 Å². The zero-order valence-corrected chi connectivity index (χ0v) is 23.3. The minimum atomic E-state index is -0.631. The third kappa shape index (κ3) is 5.70. The van der Waals surface area contributed by atoms with Crippen LogP contribution in [0.1, 0.15) is 59.2 Å². The van der Waals surface area contributed by atoms with Gasteiger partial charge in [-0.25, -0.2) is 14.0 Å². The zero-order chi connectivity index (χ0) is 28.6. The van der Waals surface area contributed by atoms with Crippen LogP contribution >= 0.6 is 11.3 Å². The van der Waals surface area contributed by atoms with Crippen LogP contribution in [-0.4, -0.2) is 47.5 Å². The topological polar surface area (TPSA) is 92.1 Å². The maximum absolute atomic E-state index is 14.6. The maximum Gasteiger partial charge on any atom is 0.407 e. The van der Waals surface area contributed by atoms with Crippen molar-refractivity contribution in [2.45, 2.75) is 51.8 Å². The molecule has 0 saturated carbocycles. The minimum absolute atomic E-state index is 0.0733. The Balaban J connectivity index is 1.46. The highest BCUT2D eigenvalue weighted by molar-refractivity contribution is 7.18. The predicted molar refractivity (Wildman–Crippen MR) is 151 cm³/mol. The first-order valence-corrected chi connectivity index (χ1v) is 13.9. The van der Waals surface area contributed by atoms with E-state index in [0.717, 1.165) is 28.8 Å². The van der Waals surface area contributed by atoms with Crippen molar-refractivity contribution in [3.8, 4) is 21.6 Å². The summed E-state index contributed by atoms with van der Waals surface area (Å²) in [5.41, 5.74) is 2.81. The van der Waals surface area contributed by atoms with E-state index in [2.05, 4.69) is 15.5 Å². The van der Waals surface area contributed by atoms with Gasteiger partial charge in [-0.1, -0.05) is 18.2 Å². The number of amides is 3. The molecule has 206 valence electrons. The molecular formula is C30H29FN4O4S. The van der Waals surface area contributed by atoms with Gasteiger partial charge in [-0.2, -0.15) is 0 Å². The summed E-state index contributed by atoms with van der Waals surface area (Å²) in [5, 5.41) is 5.69. The van der Waals surface area contributed by atoms with Crippen LogP contribution in [0, 0.1) is 12.4 Å². The van der Waals surface area contributed by atoms with Crippen molar-refractivity contribution in [3.63, 3.8) is 0 Å². The third-order valence-electron chi connectivity index (χ3n) is 6.80. The molecular weight excluding hydrogens is 531 g/mol. The van der Waals surface area contributed by atoms with Crippen molar-refractivity contribution in [3.05, 3.63) is 75.7 Å². The number of alkyl carbamates (subject to hydrolysis) is 1. The quantitative estimate of drug-likeness (QED) is 0.375. The fraction of sp³-hybridized carbons (Fsp3) is 0.333. The van der Waals surface area contributed by atoms with Gasteiger partial charge in [0.25, 0.3) is 11.8 Å². The number of nitrogens with zero attached hydrogens (tertiary/aromatic N) is 2. The van der Waals surface area contributed by atoms with Gasteiger partial charge in [-0.3, -0.25) is 9.59 Å². The average Bonchev–Trinajstić information content (AvgIpc) is 3.51. The molecule has 1 aromatic heterocycles. The van der Waals surface area contributed by atoms with Gasteiger partial charge in [-0.05, 0) is 74.6 Å². The lowest BCUT2D eigenvalue weighted by molar-refractivity contribution is 0.0453. The molecule has 40 heavy (non-hydrogen) atoms. The number of carbonyl (C=O) groups is 3. The second kappa shape index (κ2) is 10.7. The molecule has 8 nitrogen and oxygen atoms in total. The molecule has 1 fully saturated rings. The highest BCUT2D eigenvalue weighted by atomic mass is 32.1. The van der Waals surface area contributed by atoms with Crippen LogP contribution in [0.5, 0.6) is 0 Å². The van der Waals surface area contributed by atoms with Gasteiger partial charge >= 0.3 is 6.09 Å². The van der Waals surface area contributed by atoms with E-state index in [1.54, 1.807) is 43.9 Å². The van der Waals surface area contributed by atoms with E-state index in [1.165, 1.54) is 23.5 Å². The number of nitrogens with one attached hydrogen (secondary N) is 2. The molecule has 10 heteroatoms. The van der Waals surface area contributed by atoms with Crippen LogP contribution in [0.4, 0.5) is 14.9 Å². The van der Waals surface area contributed by atoms with E-state index in [0.29, 0.717) is 41.2 Å². The van der Waals surface area contributed by atoms with Gasteiger partial charge in [-0.15, -0.1) is 11.3 Å². The molecule has 2 aliphatic rings. The summed E-state index contributed by atoms with van der Waals surface area (Å²) in [6.07, 6.45) is 0.951. The van der Waals surface area contributed by atoms with Crippen molar-refractivity contribution in [2.24, 2.45) is 0 Å². The Kier molecular flexibility index (Phi) is 7.34. The lowest BCUT2D eigenvalue weighted by atomic mass is 9.99. The lowest BCUT2D eigenvalue weighted by Gasteiger charge is -2.33. The number of fused-ring (bicyclic) bond motifs is 1. The van der Waals surface area contributed by atoms with E-state index in [9.17, 15) is 18.8 Å². The molecule has 0 radical (unpaired) electrons. The molecule has 0 spiro atoms. The van der Waals surface area contributed by atoms with Crippen LogP contribution in [-0.2, 0) is 11.3 Å². The predicted octanol–water partition coefficient (Wildman–Crippen LogP) is 6.14. The number of carbonyl (C=O) groups excluding carboxylic acids is 3. The molecule has 3 amide bonds. The Morgan fingerprint density at radius 1 is 1.15 bits per heavy atom. The van der Waals surface area contributed by atoms with Gasteiger partial charge in [0.15, 0.2) is 0 Å². The molecule has 2 aromatic carbocycles. The van der Waals surface area contributed by atoms with Gasteiger partial charge in [0.05, 0.1) is 11.4 Å². The largest absolute Gasteiger partial charge is 0.444 e. The number of hydrogen-bond acceptors (Lipinski definition) is 5. The molecule has 2 aliphatic heterocycles. The summed E-state index contributed by atoms with van der Waals surface area (Å²) in [6, 6.07) is 11.5. The normalized spacial score (nSPS) is 16.6. The van der Waals surface area contributed by atoms with Crippen molar-refractivity contribution < 1.29 is 23.5 Å². The number of piperidine rings is 1. The molecule has 3 heterocycles. The standard InChI is InChI=1S/C30H29FN4O4S/c1-30(2,3)39-29(38)34-20-6-5-11-35(16-20)28(37)25-14-22(17-8-10-24(32-4)23(31)13-17)26(40-25)18-7-9-21-19(12-18)15-33-27(21)36/h7-10,12-14,20H,5-6,11,15-16H2,1-3H3,(H,33,36)(H,34,38)/t20-/m1/s1. The van der Waals surface area contributed by atoms with Gasteiger partial charge < -0.3 is 20.3 Å². The van der Waals surface area contributed by atoms with Crippen LogP contribution in [0.3, 0.4) is 0 Å². The maximum atomic E-state index is 14.6. The molecule has 0 bridgehead atoms. The molecule has 2 N–H and O–H groups in total. The third-order valence-corrected chi connectivity index (χ3v) is 7.98. The number of ether oxygens (including phenoxy) is 1. The van der Waals surface area contributed by atoms with Crippen LogP contribution < -0.4 is 10.6 Å². The number of thiophene rings is 1. The minimum Gasteiger partial charge on any atom is -0.444 e. The summed E-state index contributed by atoms with van der Waals surface area (Å²) in [5.74, 6) is -0.932. The number of benzene rings is 2. The van der Waals surface area contributed by atoms with Crippen molar-refractivity contribution in [1.29, 1.82) is 0 Å². The van der Waals surface area contributed by atoms with E-state index < -0.39 is 17.5 Å². The molecule has 1 saturated heterocycles. The molecule has 0 unspecified atom stereocenters. The van der Waals surface area contributed by atoms with Crippen molar-refractivity contribution in [2.75, 3.05) is 13.1 Å². The lowest BCUT2D eigenvalue weighted by Crippen LogP contribution is -2.50. The summed E-state index contributed by atoms with van der Waals surface area (Å²) in [7, 11) is 0.